The molecule has 152 valence electrons. The standard InChI is InChI=1S/C19H20N4O6/c1-10-12(17(26)22-19(28)20-10)7-8-16(25)29-11(2)18(27)23-9-15(24)21-13-5-3-4-6-14(13)23/h3-6,11H,7-9H2,1-2H3,(H,21,24)(H2,20,22,26,28)/t11-/m0/s1. The highest BCUT2D eigenvalue weighted by Crippen LogP contribution is 2.29. The first kappa shape index (κ1) is 20.1. The lowest BCUT2D eigenvalue weighted by molar-refractivity contribution is -0.153. The molecule has 3 rings (SSSR count). The normalized spacial score (nSPS) is 14.0. The number of carbonyl (C=O) groups excluding carboxylic acids is 3. The molecule has 3 N–H and O–H groups in total. The van der Waals surface area contributed by atoms with Crippen LogP contribution < -0.4 is 21.5 Å². The molecule has 2 aromatic rings. The van der Waals surface area contributed by atoms with Gasteiger partial charge in [0.05, 0.1) is 11.4 Å². The van der Waals surface area contributed by atoms with Crippen molar-refractivity contribution in [3.05, 3.63) is 56.4 Å². The van der Waals surface area contributed by atoms with Gasteiger partial charge in [-0.3, -0.25) is 29.1 Å². The van der Waals surface area contributed by atoms with Crippen LogP contribution in [0, 0.1) is 6.92 Å². The zero-order chi connectivity index (χ0) is 21.1. The molecule has 1 aromatic heterocycles. The molecule has 0 spiro atoms. The maximum absolute atomic E-state index is 12.7. The number of para-hydroxylation sites is 2. The van der Waals surface area contributed by atoms with Crippen LogP contribution in [0.4, 0.5) is 11.4 Å². The van der Waals surface area contributed by atoms with Gasteiger partial charge in [0, 0.05) is 17.7 Å². The molecule has 2 heterocycles. The van der Waals surface area contributed by atoms with Gasteiger partial charge in [0.2, 0.25) is 5.91 Å². The largest absolute Gasteiger partial charge is 0.453 e. The van der Waals surface area contributed by atoms with E-state index in [9.17, 15) is 24.0 Å². The topological polar surface area (TPSA) is 141 Å². The van der Waals surface area contributed by atoms with E-state index in [1.165, 1.54) is 11.8 Å². The van der Waals surface area contributed by atoms with E-state index in [2.05, 4.69) is 15.3 Å². The van der Waals surface area contributed by atoms with Crippen molar-refractivity contribution in [2.45, 2.75) is 32.8 Å². The second kappa shape index (κ2) is 8.13. The van der Waals surface area contributed by atoms with Gasteiger partial charge in [0.15, 0.2) is 6.10 Å². The van der Waals surface area contributed by atoms with Crippen LogP contribution >= 0.6 is 0 Å². The lowest BCUT2D eigenvalue weighted by Crippen LogP contribution is -2.47. The van der Waals surface area contributed by atoms with Gasteiger partial charge in [-0.15, -0.1) is 0 Å². The number of fused-ring (bicyclic) bond motifs is 1. The molecule has 0 radical (unpaired) electrons. The number of nitrogens with zero attached hydrogens (tertiary/aromatic N) is 1. The third-order valence-electron chi connectivity index (χ3n) is 4.53. The Morgan fingerprint density at radius 2 is 1.90 bits per heavy atom. The van der Waals surface area contributed by atoms with Crippen molar-refractivity contribution in [3.8, 4) is 0 Å². The number of hydrogen-bond donors (Lipinski definition) is 3. The monoisotopic (exact) mass is 400 g/mol. The number of H-pyrrole nitrogens is 2. The highest BCUT2D eigenvalue weighted by Gasteiger charge is 2.31. The third kappa shape index (κ3) is 4.42. The molecule has 0 unspecified atom stereocenters. The number of aryl methyl sites for hydroxylation is 1. The molecule has 0 saturated carbocycles. The number of aromatic nitrogens is 2. The van der Waals surface area contributed by atoms with E-state index in [0.29, 0.717) is 17.1 Å². The SMILES string of the molecule is Cc1[nH]c(=O)[nH]c(=O)c1CCC(=O)O[C@@H](C)C(=O)N1CC(=O)Nc2ccccc21. The Morgan fingerprint density at radius 1 is 1.17 bits per heavy atom. The van der Waals surface area contributed by atoms with E-state index in [-0.39, 0.29) is 30.9 Å². The first-order valence-electron chi connectivity index (χ1n) is 8.98. The lowest BCUT2D eigenvalue weighted by Gasteiger charge is -2.30. The molecule has 0 saturated heterocycles. The molecule has 2 amide bonds. The van der Waals surface area contributed by atoms with E-state index in [4.69, 9.17) is 4.74 Å². The summed E-state index contributed by atoms with van der Waals surface area (Å²) in [5.74, 6) is -1.55. The van der Waals surface area contributed by atoms with Crippen molar-refractivity contribution in [1.29, 1.82) is 0 Å². The van der Waals surface area contributed by atoms with Crippen LogP contribution in [0.25, 0.3) is 0 Å². The summed E-state index contributed by atoms with van der Waals surface area (Å²) < 4.78 is 5.19. The number of anilines is 2. The average molecular weight is 400 g/mol. The fraction of sp³-hybridized carbons (Fsp3) is 0.316. The molecule has 29 heavy (non-hydrogen) atoms. The van der Waals surface area contributed by atoms with Gasteiger partial charge >= 0.3 is 11.7 Å². The van der Waals surface area contributed by atoms with E-state index in [0.717, 1.165) is 0 Å². The summed E-state index contributed by atoms with van der Waals surface area (Å²) in [6.45, 7) is 2.80. The van der Waals surface area contributed by atoms with Gasteiger partial charge in [-0.25, -0.2) is 4.79 Å². The molecule has 1 aliphatic rings. The fourth-order valence-electron chi connectivity index (χ4n) is 3.11. The molecular weight excluding hydrogens is 380 g/mol. The zero-order valence-corrected chi connectivity index (χ0v) is 15.9. The summed E-state index contributed by atoms with van der Waals surface area (Å²) in [7, 11) is 0. The molecule has 0 aliphatic carbocycles. The number of nitrogens with one attached hydrogen (secondary N) is 3. The number of aromatic amines is 2. The molecule has 0 fully saturated rings. The number of ether oxygens (including phenoxy) is 1. The zero-order valence-electron chi connectivity index (χ0n) is 15.9. The average Bonchev–Trinajstić information content (AvgIpc) is 2.65. The molecular formula is C19H20N4O6. The van der Waals surface area contributed by atoms with Crippen LogP contribution in [-0.4, -0.2) is 40.4 Å². The van der Waals surface area contributed by atoms with E-state index in [1.54, 1.807) is 31.2 Å². The van der Waals surface area contributed by atoms with Crippen LogP contribution in [0.2, 0.25) is 0 Å². The van der Waals surface area contributed by atoms with Crippen molar-refractivity contribution < 1.29 is 19.1 Å². The summed E-state index contributed by atoms with van der Waals surface area (Å²) >= 11 is 0. The van der Waals surface area contributed by atoms with Gasteiger partial charge in [0.25, 0.3) is 11.5 Å². The second-order valence-corrected chi connectivity index (χ2v) is 6.63. The van der Waals surface area contributed by atoms with Gasteiger partial charge in [0.1, 0.15) is 6.54 Å². The summed E-state index contributed by atoms with van der Waals surface area (Å²) in [6.07, 6.45) is -1.21. The first-order valence-corrected chi connectivity index (χ1v) is 8.98. The Bertz CT molecular complexity index is 1090. The van der Waals surface area contributed by atoms with E-state index < -0.39 is 29.2 Å². The molecule has 10 nitrogen and oxygen atoms in total. The minimum Gasteiger partial charge on any atom is -0.453 e. The van der Waals surface area contributed by atoms with E-state index >= 15 is 0 Å². The Balaban J connectivity index is 1.64. The molecule has 10 heteroatoms. The van der Waals surface area contributed by atoms with Crippen LogP contribution in [0.5, 0.6) is 0 Å². The summed E-state index contributed by atoms with van der Waals surface area (Å²) in [6, 6.07) is 6.83. The van der Waals surface area contributed by atoms with Gasteiger partial charge < -0.3 is 15.0 Å². The number of carbonyl (C=O) groups is 3. The number of rotatable bonds is 5. The van der Waals surface area contributed by atoms with Crippen LogP contribution in [0.15, 0.2) is 33.9 Å². The number of hydrogen-bond acceptors (Lipinski definition) is 6. The van der Waals surface area contributed by atoms with E-state index in [1.807, 2.05) is 0 Å². The van der Waals surface area contributed by atoms with Crippen molar-refractivity contribution in [2.24, 2.45) is 0 Å². The molecule has 1 aliphatic heterocycles. The number of esters is 1. The first-order chi connectivity index (χ1) is 13.8. The Morgan fingerprint density at radius 3 is 2.62 bits per heavy atom. The van der Waals surface area contributed by atoms with Crippen LogP contribution in [0.1, 0.15) is 24.6 Å². The lowest BCUT2D eigenvalue weighted by atomic mass is 10.1. The van der Waals surface area contributed by atoms with Crippen LogP contribution in [-0.2, 0) is 25.5 Å². The minimum absolute atomic E-state index is 0.0483. The molecule has 1 aromatic carbocycles. The molecule has 0 bridgehead atoms. The second-order valence-electron chi connectivity index (χ2n) is 6.63. The fourth-order valence-corrected chi connectivity index (χ4v) is 3.11. The predicted octanol–water partition coefficient (Wildman–Crippen LogP) is 0.221. The van der Waals surface area contributed by atoms with Crippen molar-refractivity contribution >= 4 is 29.2 Å². The van der Waals surface area contributed by atoms with Gasteiger partial charge in [-0.2, -0.15) is 0 Å². The third-order valence-corrected chi connectivity index (χ3v) is 4.53. The van der Waals surface area contributed by atoms with Crippen molar-refractivity contribution in [2.75, 3.05) is 16.8 Å². The Labute approximate surface area is 164 Å². The summed E-state index contributed by atoms with van der Waals surface area (Å²) in [4.78, 5) is 65.6. The molecule has 1 atom stereocenters. The predicted molar refractivity (Wildman–Crippen MR) is 104 cm³/mol. The Kier molecular flexibility index (Phi) is 5.62. The summed E-state index contributed by atoms with van der Waals surface area (Å²) in [5, 5.41) is 2.68. The smallest absolute Gasteiger partial charge is 0.325 e. The number of benzene rings is 1. The highest BCUT2D eigenvalue weighted by atomic mass is 16.5. The quantitative estimate of drug-likeness (QED) is 0.613. The van der Waals surface area contributed by atoms with Gasteiger partial charge in [-0.1, -0.05) is 12.1 Å². The number of amides is 2. The van der Waals surface area contributed by atoms with Crippen LogP contribution in [0.3, 0.4) is 0 Å². The Hall–Kier alpha value is -3.69. The maximum Gasteiger partial charge on any atom is 0.325 e. The summed E-state index contributed by atoms with van der Waals surface area (Å²) in [5.41, 5.74) is 0.468. The maximum atomic E-state index is 12.7. The van der Waals surface area contributed by atoms with Gasteiger partial charge in [-0.05, 0) is 32.4 Å². The van der Waals surface area contributed by atoms with Crippen molar-refractivity contribution in [3.63, 3.8) is 0 Å². The highest BCUT2D eigenvalue weighted by molar-refractivity contribution is 6.11. The van der Waals surface area contributed by atoms with Crippen molar-refractivity contribution in [1.82, 2.24) is 9.97 Å². The minimum atomic E-state index is -1.11.